The van der Waals surface area contributed by atoms with Crippen LogP contribution in [-0.4, -0.2) is 32.1 Å². The molecule has 0 atom stereocenters. The molecule has 7 heteroatoms. The van der Waals surface area contributed by atoms with Crippen LogP contribution in [0.25, 0.3) is 0 Å². The molecule has 0 aliphatic heterocycles. The third-order valence-corrected chi connectivity index (χ3v) is 4.53. The minimum absolute atomic E-state index is 0.112. The van der Waals surface area contributed by atoms with Crippen molar-refractivity contribution in [2.24, 2.45) is 0 Å². The minimum Gasteiger partial charge on any atom is -0.392 e. The summed E-state index contributed by atoms with van der Waals surface area (Å²) in [7, 11) is -3.51. The summed E-state index contributed by atoms with van der Waals surface area (Å²) in [5, 5.41) is 9.18. The van der Waals surface area contributed by atoms with Gasteiger partial charge in [-0.3, -0.25) is 0 Å². The largest absolute Gasteiger partial charge is 0.392 e. The molecule has 0 heterocycles. The number of sulfonamides is 1. The van der Waals surface area contributed by atoms with E-state index in [1.54, 1.807) is 11.8 Å². The van der Waals surface area contributed by atoms with Gasteiger partial charge in [-0.2, -0.15) is 11.8 Å². The number of aliphatic hydroxyl groups excluding tert-OH is 1. The number of nitrogens with one attached hydrogen (secondary N) is 1. The van der Waals surface area contributed by atoms with Gasteiger partial charge in [0.1, 0.15) is 0 Å². The lowest BCUT2D eigenvalue weighted by molar-refractivity contribution is 0.282. The number of aliphatic hydroxyl groups is 1. The summed E-state index contributed by atoms with van der Waals surface area (Å²) in [6, 6.07) is 4.28. The van der Waals surface area contributed by atoms with E-state index in [4.69, 9.17) is 16.7 Å². The van der Waals surface area contributed by atoms with Crippen LogP contribution < -0.4 is 4.72 Å². The number of thioether (sulfide) groups is 1. The zero-order chi connectivity index (χ0) is 12.9. The van der Waals surface area contributed by atoms with Crippen molar-refractivity contribution in [2.75, 3.05) is 18.6 Å². The molecule has 0 saturated heterocycles. The number of hydrogen-bond acceptors (Lipinski definition) is 4. The molecular formula is C10H14ClNO3S2. The van der Waals surface area contributed by atoms with E-state index < -0.39 is 10.0 Å². The van der Waals surface area contributed by atoms with Crippen LogP contribution in [0.1, 0.15) is 5.56 Å². The van der Waals surface area contributed by atoms with E-state index in [2.05, 4.69) is 4.72 Å². The highest BCUT2D eigenvalue weighted by Gasteiger charge is 2.14. The van der Waals surface area contributed by atoms with Crippen molar-refractivity contribution >= 4 is 33.4 Å². The van der Waals surface area contributed by atoms with Gasteiger partial charge >= 0.3 is 0 Å². The van der Waals surface area contributed by atoms with E-state index in [1.807, 2.05) is 6.26 Å². The molecule has 1 aromatic rings. The Morgan fingerprint density at radius 1 is 1.47 bits per heavy atom. The predicted octanol–water partition coefficient (Wildman–Crippen LogP) is 1.47. The molecule has 2 N–H and O–H groups in total. The minimum atomic E-state index is -3.51. The molecule has 0 aromatic heterocycles. The quantitative estimate of drug-likeness (QED) is 0.780. The van der Waals surface area contributed by atoms with Crippen molar-refractivity contribution in [3.8, 4) is 0 Å². The highest BCUT2D eigenvalue weighted by Crippen LogP contribution is 2.20. The van der Waals surface area contributed by atoms with Crippen LogP contribution in [0, 0.1) is 0 Å². The fourth-order valence-corrected chi connectivity index (χ4v) is 2.98. The molecule has 1 rings (SSSR count). The van der Waals surface area contributed by atoms with Crippen LogP contribution in [0.3, 0.4) is 0 Å². The normalized spacial score (nSPS) is 11.7. The van der Waals surface area contributed by atoms with E-state index in [1.165, 1.54) is 18.2 Å². The fraction of sp³-hybridized carbons (Fsp3) is 0.400. The van der Waals surface area contributed by atoms with Gasteiger partial charge in [0.25, 0.3) is 0 Å². The number of benzene rings is 1. The zero-order valence-electron chi connectivity index (χ0n) is 9.31. The van der Waals surface area contributed by atoms with Crippen LogP contribution in [0.2, 0.25) is 5.02 Å². The maximum Gasteiger partial charge on any atom is 0.240 e. The van der Waals surface area contributed by atoms with Gasteiger partial charge in [0.2, 0.25) is 10.0 Å². The Bertz CT molecular complexity index is 476. The van der Waals surface area contributed by atoms with Gasteiger partial charge < -0.3 is 5.11 Å². The maximum absolute atomic E-state index is 11.8. The van der Waals surface area contributed by atoms with Crippen molar-refractivity contribution in [3.63, 3.8) is 0 Å². The van der Waals surface area contributed by atoms with Gasteiger partial charge in [-0.25, -0.2) is 13.1 Å². The summed E-state index contributed by atoms with van der Waals surface area (Å²) in [6.45, 7) is 0.169. The van der Waals surface area contributed by atoms with E-state index in [0.29, 0.717) is 17.9 Å². The Hall–Kier alpha value is -0.270. The van der Waals surface area contributed by atoms with Crippen molar-refractivity contribution in [1.82, 2.24) is 4.72 Å². The average Bonchev–Trinajstić information content (AvgIpc) is 2.29. The monoisotopic (exact) mass is 295 g/mol. The molecule has 0 aliphatic carbocycles. The fourth-order valence-electron chi connectivity index (χ4n) is 1.18. The van der Waals surface area contributed by atoms with E-state index in [-0.39, 0.29) is 16.5 Å². The van der Waals surface area contributed by atoms with Gasteiger partial charge in [-0.05, 0) is 24.0 Å². The van der Waals surface area contributed by atoms with Gasteiger partial charge in [0.15, 0.2) is 0 Å². The smallest absolute Gasteiger partial charge is 0.240 e. The molecule has 0 radical (unpaired) electrons. The molecule has 0 fully saturated rings. The van der Waals surface area contributed by atoms with Crippen molar-refractivity contribution in [3.05, 3.63) is 28.8 Å². The Kier molecular flexibility index (Phi) is 5.75. The summed E-state index contributed by atoms with van der Waals surface area (Å²) < 4.78 is 26.1. The van der Waals surface area contributed by atoms with Gasteiger partial charge in [-0.1, -0.05) is 17.7 Å². The van der Waals surface area contributed by atoms with Crippen LogP contribution in [-0.2, 0) is 16.6 Å². The van der Waals surface area contributed by atoms with Crippen molar-refractivity contribution in [2.45, 2.75) is 11.5 Å². The molecule has 1 aromatic carbocycles. The molecule has 0 unspecified atom stereocenters. The lowest BCUT2D eigenvalue weighted by Gasteiger charge is -2.07. The first-order chi connectivity index (χ1) is 8.01. The Morgan fingerprint density at radius 3 is 2.71 bits per heavy atom. The molecule has 4 nitrogen and oxygen atoms in total. The van der Waals surface area contributed by atoms with Crippen LogP contribution >= 0.6 is 23.4 Å². The third-order valence-electron chi connectivity index (χ3n) is 2.10. The molecule has 0 saturated carbocycles. The maximum atomic E-state index is 11.8. The summed E-state index contributed by atoms with van der Waals surface area (Å²) in [6.07, 6.45) is 1.90. The van der Waals surface area contributed by atoms with Crippen molar-refractivity contribution in [1.29, 1.82) is 0 Å². The molecular weight excluding hydrogens is 282 g/mol. The van der Waals surface area contributed by atoms with E-state index in [0.717, 1.165) is 0 Å². The first-order valence-electron chi connectivity index (χ1n) is 4.89. The SMILES string of the molecule is CSCCNS(=O)(=O)c1ccc(CO)c(Cl)c1. The third kappa shape index (κ3) is 4.15. The summed E-state index contributed by atoms with van der Waals surface area (Å²) in [5.41, 5.74) is 0.509. The zero-order valence-corrected chi connectivity index (χ0v) is 11.7. The molecule has 0 bridgehead atoms. The molecule has 0 spiro atoms. The Labute approximate surface area is 110 Å². The Morgan fingerprint density at radius 2 is 2.18 bits per heavy atom. The first kappa shape index (κ1) is 14.8. The average molecular weight is 296 g/mol. The van der Waals surface area contributed by atoms with E-state index in [9.17, 15) is 8.42 Å². The summed E-state index contributed by atoms with van der Waals surface area (Å²) >= 11 is 7.40. The Balaban J connectivity index is 2.88. The standard InChI is InChI=1S/C10H14ClNO3S2/c1-16-5-4-12-17(14,15)9-3-2-8(7-13)10(11)6-9/h2-3,6,12-13H,4-5,7H2,1H3. The predicted molar refractivity (Wildman–Crippen MR) is 70.9 cm³/mol. The molecule has 96 valence electrons. The number of halogens is 1. The lowest BCUT2D eigenvalue weighted by Crippen LogP contribution is -2.26. The lowest BCUT2D eigenvalue weighted by atomic mass is 10.2. The van der Waals surface area contributed by atoms with Gasteiger partial charge in [0.05, 0.1) is 11.5 Å². The van der Waals surface area contributed by atoms with Crippen LogP contribution in [0.4, 0.5) is 0 Å². The van der Waals surface area contributed by atoms with Gasteiger partial charge in [-0.15, -0.1) is 0 Å². The number of hydrogen-bond donors (Lipinski definition) is 2. The first-order valence-corrected chi connectivity index (χ1v) is 8.14. The van der Waals surface area contributed by atoms with E-state index >= 15 is 0 Å². The second-order valence-electron chi connectivity index (χ2n) is 3.30. The highest BCUT2D eigenvalue weighted by molar-refractivity contribution is 7.98. The topological polar surface area (TPSA) is 66.4 Å². The van der Waals surface area contributed by atoms with Crippen LogP contribution in [0.5, 0.6) is 0 Å². The molecule has 17 heavy (non-hydrogen) atoms. The molecule has 0 aliphatic rings. The second kappa shape index (κ2) is 6.61. The summed E-state index contributed by atoms with van der Waals surface area (Å²) in [5.74, 6) is 0.710. The van der Waals surface area contributed by atoms with Crippen molar-refractivity contribution < 1.29 is 13.5 Å². The van der Waals surface area contributed by atoms with Crippen LogP contribution in [0.15, 0.2) is 23.1 Å². The number of rotatable bonds is 6. The molecule has 0 amide bonds. The summed E-state index contributed by atoms with van der Waals surface area (Å²) in [4.78, 5) is 0.112. The highest BCUT2D eigenvalue weighted by atomic mass is 35.5. The van der Waals surface area contributed by atoms with Gasteiger partial charge in [0, 0.05) is 17.3 Å². The second-order valence-corrected chi connectivity index (χ2v) is 6.46.